The van der Waals surface area contributed by atoms with Crippen LogP contribution in [-0.4, -0.2) is 38.5 Å². The van der Waals surface area contributed by atoms with Gasteiger partial charge in [0.25, 0.3) is 11.5 Å². The van der Waals surface area contributed by atoms with Gasteiger partial charge in [-0.1, -0.05) is 0 Å². The minimum Gasteiger partial charge on any atom is -0.497 e. The first-order valence-electron chi connectivity index (χ1n) is 6.46. The summed E-state index contributed by atoms with van der Waals surface area (Å²) in [6.45, 7) is 0. The van der Waals surface area contributed by atoms with Gasteiger partial charge in [-0.05, 0) is 29.8 Å². The molecule has 2 aromatic heterocycles. The van der Waals surface area contributed by atoms with Crippen LogP contribution in [0.25, 0.3) is 11.2 Å². The van der Waals surface area contributed by atoms with Crippen LogP contribution in [0.5, 0.6) is 5.75 Å². The molecule has 3 N–H and O–H groups in total. The third kappa shape index (κ3) is 3.20. The fourth-order valence-electron chi connectivity index (χ4n) is 1.77. The van der Waals surface area contributed by atoms with Gasteiger partial charge >= 0.3 is 5.69 Å². The first kappa shape index (κ1) is 14.4. The quantitative estimate of drug-likeness (QED) is 0.450. The van der Waals surface area contributed by atoms with Crippen molar-refractivity contribution in [1.29, 1.82) is 0 Å². The van der Waals surface area contributed by atoms with Gasteiger partial charge in [0.05, 0.1) is 13.3 Å². The summed E-state index contributed by atoms with van der Waals surface area (Å²) in [5, 5.41) is 11.4. The second kappa shape index (κ2) is 6.05. The molecule has 0 radical (unpaired) electrons. The lowest BCUT2D eigenvalue weighted by atomic mass is 10.2. The average molecular weight is 313 g/mol. The molecule has 0 unspecified atom stereocenters. The summed E-state index contributed by atoms with van der Waals surface area (Å²) >= 11 is 0. The molecule has 3 aromatic rings. The Morgan fingerprint density at radius 2 is 1.96 bits per heavy atom. The number of methoxy groups -OCH3 is 1. The lowest BCUT2D eigenvalue weighted by Crippen LogP contribution is -2.23. The van der Waals surface area contributed by atoms with E-state index in [1.165, 1.54) is 0 Å². The monoisotopic (exact) mass is 313 g/mol. The fourth-order valence-corrected chi connectivity index (χ4v) is 1.77. The zero-order valence-electron chi connectivity index (χ0n) is 11.9. The Kier molecular flexibility index (Phi) is 3.78. The van der Waals surface area contributed by atoms with Crippen LogP contribution in [0, 0.1) is 0 Å². The molecule has 1 aromatic carbocycles. The maximum Gasteiger partial charge on any atom is 0.327 e. The Morgan fingerprint density at radius 3 is 2.70 bits per heavy atom. The zero-order valence-corrected chi connectivity index (χ0v) is 11.9. The molecule has 0 amide bonds. The number of hydrogen-bond acceptors (Lipinski definition) is 8. The van der Waals surface area contributed by atoms with Gasteiger partial charge in [0, 0.05) is 0 Å². The molecule has 0 fully saturated rings. The zero-order chi connectivity index (χ0) is 16.2. The highest BCUT2D eigenvalue weighted by atomic mass is 16.5. The van der Waals surface area contributed by atoms with Crippen molar-refractivity contribution in [2.45, 2.75) is 0 Å². The molecule has 0 aliphatic rings. The van der Waals surface area contributed by atoms with Crippen molar-refractivity contribution < 1.29 is 4.74 Å². The number of ether oxygens (including phenoxy) is 1. The van der Waals surface area contributed by atoms with Crippen molar-refractivity contribution >= 4 is 23.3 Å². The second-order valence-corrected chi connectivity index (χ2v) is 4.38. The summed E-state index contributed by atoms with van der Waals surface area (Å²) in [6.07, 6.45) is 1.55. The van der Waals surface area contributed by atoms with Crippen LogP contribution in [0.2, 0.25) is 0 Å². The predicted molar refractivity (Wildman–Crippen MR) is 82.8 cm³/mol. The Labute approximate surface area is 128 Å². The number of nitrogens with zero attached hydrogens (tertiary/aromatic N) is 4. The molecule has 0 saturated heterocycles. The first-order chi connectivity index (χ1) is 11.2. The molecule has 0 saturated carbocycles. The van der Waals surface area contributed by atoms with Crippen LogP contribution in [-0.2, 0) is 0 Å². The van der Waals surface area contributed by atoms with E-state index in [4.69, 9.17) is 4.74 Å². The van der Waals surface area contributed by atoms with Crippen LogP contribution in [0.1, 0.15) is 5.56 Å². The van der Waals surface area contributed by atoms with Gasteiger partial charge in [-0.25, -0.2) is 10.2 Å². The van der Waals surface area contributed by atoms with Crippen molar-refractivity contribution in [1.82, 2.24) is 25.1 Å². The number of hydrogen-bond donors (Lipinski definition) is 3. The van der Waals surface area contributed by atoms with Gasteiger partial charge < -0.3 is 4.74 Å². The van der Waals surface area contributed by atoms with Crippen molar-refractivity contribution in [2.24, 2.45) is 5.10 Å². The summed E-state index contributed by atoms with van der Waals surface area (Å²) in [6, 6.07) is 7.24. The number of rotatable bonds is 4. The van der Waals surface area contributed by atoms with E-state index in [9.17, 15) is 9.59 Å². The summed E-state index contributed by atoms with van der Waals surface area (Å²) in [7, 11) is 1.59. The van der Waals surface area contributed by atoms with E-state index in [1.54, 1.807) is 25.5 Å². The molecule has 23 heavy (non-hydrogen) atoms. The Balaban J connectivity index is 1.79. The molecule has 0 aliphatic carbocycles. The van der Waals surface area contributed by atoms with Gasteiger partial charge in [0.2, 0.25) is 0 Å². The molecule has 116 valence electrons. The topological polar surface area (TPSA) is 138 Å². The minimum absolute atomic E-state index is 0.0240. The van der Waals surface area contributed by atoms with Crippen LogP contribution in [0.3, 0.4) is 0 Å². The second-order valence-electron chi connectivity index (χ2n) is 4.38. The van der Waals surface area contributed by atoms with E-state index >= 15 is 0 Å². The van der Waals surface area contributed by atoms with Crippen LogP contribution in [0.15, 0.2) is 39.0 Å². The highest BCUT2D eigenvalue weighted by molar-refractivity contribution is 5.80. The predicted octanol–water partition coefficient (Wildman–Crippen LogP) is -0.144. The minimum atomic E-state index is -0.671. The Bertz CT molecular complexity index is 975. The van der Waals surface area contributed by atoms with Crippen molar-refractivity contribution in [3.05, 3.63) is 50.7 Å². The number of fused-ring (bicyclic) bond motifs is 1. The van der Waals surface area contributed by atoms with E-state index < -0.39 is 11.2 Å². The maximum atomic E-state index is 11.5. The summed E-state index contributed by atoms with van der Waals surface area (Å²) in [5.41, 5.74) is 2.04. The van der Waals surface area contributed by atoms with Gasteiger partial charge in [0.15, 0.2) is 11.2 Å². The van der Waals surface area contributed by atoms with E-state index in [0.717, 1.165) is 11.3 Å². The van der Waals surface area contributed by atoms with Crippen LogP contribution in [0.4, 0.5) is 5.95 Å². The fraction of sp³-hybridized carbons (Fsp3) is 0.0769. The van der Waals surface area contributed by atoms with E-state index in [-0.39, 0.29) is 17.1 Å². The van der Waals surface area contributed by atoms with Gasteiger partial charge in [-0.15, -0.1) is 10.2 Å². The number of aromatic amines is 2. The average Bonchev–Trinajstić information content (AvgIpc) is 2.55. The third-order valence-corrected chi connectivity index (χ3v) is 2.85. The molecule has 3 rings (SSSR count). The standard InChI is InChI=1S/C13H11N7O3/c1-23-8-4-2-7(3-5-8)6-14-19-12-15-10-9(18-20-12)11(21)17-13(22)16-10/h2-6H,1H3,(H3,15,16,17,19,20,21,22)/b14-6+. The normalized spacial score (nSPS) is 11.0. The molecule has 10 nitrogen and oxygen atoms in total. The van der Waals surface area contributed by atoms with Crippen LogP contribution >= 0.6 is 0 Å². The molecule has 0 bridgehead atoms. The first-order valence-corrected chi connectivity index (χ1v) is 6.46. The van der Waals surface area contributed by atoms with Gasteiger partial charge in [-0.3, -0.25) is 14.8 Å². The maximum absolute atomic E-state index is 11.5. The van der Waals surface area contributed by atoms with E-state index in [1.807, 2.05) is 17.1 Å². The van der Waals surface area contributed by atoms with Crippen molar-refractivity contribution in [3.8, 4) is 5.75 Å². The van der Waals surface area contributed by atoms with Crippen molar-refractivity contribution in [3.63, 3.8) is 0 Å². The summed E-state index contributed by atoms with van der Waals surface area (Å²) < 4.78 is 5.06. The molecular weight excluding hydrogens is 302 g/mol. The molecule has 10 heteroatoms. The Hall–Kier alpha value is -3.56. The highest BCUT2D eigenvalue weighted by Crippen LogP contribution is 2.09. The Morgan fingerprint density at radius 1 is 1.17 bits per heavy atom. The molecular formula is C13H11N7O3. The molecule has 0 spiro atoms. The summed E-state index contributed by atoms with van der Waals surface area (Å²) in [4.78, 5) is 31.1. The van der Waals surface area contributed by atoms with Gasteiger partial charge in [0.1, 0.15) is 5.75 Å². The number of anilines is 1. The highest BCUT2D eigenvalue weighted by Gasteiger charge is 2.05. The number of nitrogens with one attached hydrogen (secondary N) is 3. The van der Waals surface area contributed by atoms with Gasteiger partial charge in [-0.2, -0.15) is 10.1 Å². The van der Waals surface area contributed by atoms with E-state index in [0.29, 0.717) is 0 Å². The number of aromatic nitrogens is 5. The number of H-pyrrole nitrogens is 2. The molecule has 0 aliphatic heterocycles. The number of benzene rings is 1. The SMILES string of the molecule is COc1ccc(/C=N/Nc2nnc3c(=O)[nH]c(=O)[nH]c3n2)cc1. The number of hydrazone groups is 1. The molecule has 0 atom stereocenters. The van der Waals surface area contributed by atoms with E-state index in [2.05, 4.69) is 30.7 Å². The lowest BCUT2D eigenvalue weighted by molar-refractivity contribution is 0.415. The van der Waals surface area contributed by atoms with Crippen molar-refractivity contribution in [2.75, 3.05) is 12.5 Å². The lowest BCUT2D eigenvalue weighted by Gasteiger charge is -2.00. The third-order valence-electron chi connectivity index (χ3n) is 2.85. The largest absolute Gasteiger partial charge is 0.497 e. The summed E-state index contributed by atoms with van der Waals surface area (Å²) in [5.74, 6) is 0.787. The van der Waals surface area contributed by atoms with Crippen LogP contribution < -0.4 is 21.4 Å². The molecule has 2 heterocycles. The smallest absolute Gasteiger partial charge is 0.327 e.